The summed E-state index contributed by atoms with van der Waals surface area (Å²) in [5.41, 5.74) is 1.91. The van der Waals surface area contributed by atoms with Gasteiger partial charge >= 0.3 is 6.09 Å². The van der Waals surface area contributed by atoms with Crippen molar-refractivity contribution in [2.75, 3.05) is 24.5 Å². The molecule has 24 heavy (non-hydrogen) atoms. The molecule has 0 spiro atoms. The van der Waals surface area contributed by atoms with E-state index in [1.54, 1.807) is 6.07 Å². The van der Waals surface area contributed by atoms with Crippen molar-refractivity contribution in [3.63, 3.8) is 0 Å². The van der Waals surface area contributed by atoms with Crippen molar-refractivity contribution in [2.24, 2.45) is 0 Å². The average Bonchev–Trinajstić information content (AvgIpc) is 2.89. The molecule has 1 amide bonds. The van der Waals surface area contributed by atoms with Crippen LogP contribution in [0.4, 0.5) is 10.7 Å². The zero-order valence-corrected chi connectivity index (χ0v) is 15.1. The van der Waals surface area contributed by atoms with Gasteiger partial charge in [-0.2, -0.15) is 0 Å². The lowest BCUT2D eigenvalue weighted by atomic mass is 10.1. The first-order chi connectivity index (χ1) is 11.6. The molecule has 1 N–H and O–H groups in total. The SMILES string of the molecule is CCCNC(=O)Oc1ccc2oc(N(CCC)CCC)c(C)c2c1. The number of anilines is 1. The number of furan rings is 1. The molecule has 0 saturated heterocycles. The molecule has 5 nitrogen and oxygen atoms in total. The van der Waals surface area contributed by atoms with Gasteiger partial charge in [-0.15, -0.1) is 0 Å². The fourth-order valence-electron chi connectivity index (χ4n) is 2.78. The van der Waals surface area contributed by atoms with Crippen molar-refractivity contribution in [1.82, 2.24) is 5.32 Å². The maximum atomic E-state index is 11.7. The number of nitrogens with zero attached hydrogens (tertiary/aromatic N) is 1. The van der Waals surface area contributed by atoms with Crippen LogP contribution in [0.5, 0.6) is 5.75 Å². The van der Waals surface area contributed by atoms with E-state index in [4.69, 9.17) is 9.15 Å². The van der Waals surface area contributed by atoms with Crippen LogP contribution >= 0.6 is 0 Å². The highest BCUT2D eigenvalue weighted by molar-refractivity contribution is 5.87. The number of benzene rings is 1. The molecule has 2 rings (SSSR count). The lowest BCUT2D eigenvalue weighted by Gasteiger charge is -2.21. The summed E-state index contributed by atoms with van der Waals surface area (Å²) in [5, 5.41) is 3.70. The van der Waals surface area contributed by atoms with E-state index in [0.717, 1.165) is 54.8 Å². The average molecular weight is 332 g/mol. The minimum atomic E-state index is -0.420. The fraction of sp³-hybridized carbons (Fsp3) is 0.526. The molecule has 0 atom stereocenters. The van der Waals surface area contributed by atoms with Crippen molar-refractivity contribution >= 4 is 22.9 Å². The number of fused-ring (bicyclic) bond motifs is 1. The third kappa shape index (κ3) is 4.22. The summed E-state index contributed by atoms with van der Waals surface area (Å²) in [4.78, 5) is 14.0. The highest BCUT2D eigenvalue weighted by atomic mass is 16.6. The highest BCUT2D eigenvalue weighted by Gasteiger charge is 2.17. The van der Waals surface area contributed by atoms with Gasteiger partial charge in [-0.25, -0.2) is 4.79 Å². The lowest BCUT2D eigenvalue weighted by Crippen LogP contribution is -2.27. The van der Waals surface area contributed by atoms with Gasteiger partial charge in [-0.3, -0.25) is 0 Å². The number of ether oxygens (including phenoxy) is 1. The molecule has 0 unspecified atom stereocenters. The number of hydrogen-bond donors (Lipinski definition) is 1. The Morgan fingerprint density at radius 1 is 1.17 bits per heavy atom. The number of amides is 1. The van der Waals surface area contributed by atoms with E-state index in [1.807, 2.05) is 19.1 Å². The van der Waals surface area contributed by atoms with Gasteiger partial charge in [0.2, 0.25) is 0 Å². The number of aryl methyl sites for hydroxylation is 1. The summed E-state index contributed by atoms with van der Waals surface area (Å²) >= 11 is 0. The van der Waals surface area contributed by atoms with Crippen LogP contribution in [0.1, 0.15) is 45.6 Å². The number of carbonyl (C=O) groups excluding carboxylic acids is 1. The van der Waals surface area contributed by atoms with Crippen molar-refractivity contribution in [3.05, 3.63) is 23.8 Å². The second kappa shape index (κ2) is 8.62. The zero-order valence-electron chi connectivity index (χ0n) is 15.1. The Bertz CT molecular complexity index is 673. The molecule has 132 valence electrons. The van der Waals surface area contributed by atoms with E-state index in [1.165, 1.54) is 0 Å². The molecule has 0 radical (unpaired) electrons. The standard InChI is InChI=1S/C19H28N2O3/c1-5-10-20-19(22)23-15-8-9-17-16(13-15)14(4)18(24-17)21(11-6-2)12-7-3/h8-9,13H,5-7,10-12H2,1-4H3,(H,20,22). The van der Waals surface area contributed by atoms with Crippen LogP contribution < -0.4 is 15.0 Å². The lowest BCUT2D eigenvalue weighted by molar-refractivity contribution is 0.200. The Kier molecular flexibility index (Phi) is 6.53. The van der Waals surface area contributed by atoms with Crippen LogP contribution in [0, 0.1) is 6.92 Å². The van der Waals surface area contributed by atoms with Crippen LogP contribution in [-0.2, 0) is 0 Å². The number of carbonyl (C=O) groups is 1. The number of rotatable bonds is 8. The van der Waals surface area contributed by atoms with Crippen LogP contribution in [0.2, 0.25) is 0 Å². The van der Waals surface area contributed by atoms with E-state index in [-0.39, 0.29) is 0 Å². The normalized spacial score (nSPS) is 10.8. The molecule has 1 aromatic carbocycles. The van der Waals surface area contributed by atoms with Crippen LogP contribution in [-0.4, -0.2) is 25.7 Å². The first-order valence-corrected chi connectivity index (χ1v) is 8.84. The van der Waals surface area contributed by atoms with Gasteiger partial charge in [0.25, 0.3) is 0 Å². The Balaban J connectivity index is 2.25. The van der Waals surface area contributed by atoms with E-state index in [0.29, 0.717) is 12.3 Å². The predicted molar refractivity (Wildman–Crippen MR) is 98.1 cm³/mol. The summed E-state index contributed by atoms with van der Waals surface area (Å²) < 4.78 is 11.4. The molecule has 1 aromatic heterocycles. The molecular formula is C19H28N2O3. The molecule has 1 heterocycles. The number of nitrogens with one attached hydrogen (secondary N) is 1. The third-order valence-electron chi connectivity index (χ3n) is 3.89. The summed E-state index contributed by atoms with van der Waals surface area (Å²) in [6.07, 6.45) is 2.60. The maximum Gasteiger partial charge on any atom is 0.412 e. The van der Waals surface area contributed by atoms with Gasteiger partial charge in [0.1, 0.15) is 11.3 Å². The Labute approximate surface area is 144 Å². The van der Waals surface area contributed by atoms with E-state index in [2.05, 4.69) is 31.0 Å². The second-order valence-electron chi connectivity index (χ2n) is 5.99. The molecule has 0 fully saturated rings. The molecule has 5 heteroatoms. The minimum absolute atomic E-state index is 0.420. The molecule has 0 aliphatic heterocycles. The van der Waals surface area contributed by atoms with Crippen LogP contribution in [0.15, 0.2) is 22.6 Å². The first kappa shape index (κ1) is 18.2. The first-order valence-electron chi connectivity index (χ1n) is 8.84. The van der Waals surface area contributed by atoms with Crippen molar-refractivity contribution in [3.8, 4) is 5.75 Å². The molecular weight excluding hydrogens is 304 g/mol. The summed E-state index contributed by atoms with van der Waals surface area (Å²) in [5.74, 6) is 1.45. The molecule has 0 saturated carbocycles. The Morgan fingerprint density at radius 3 is 2.50 bits per heavy atom. The molecule has 2 aromatic rings. The third-order valence-corrected chi connectivity index (χ3v) is 3.89. The van der Waals surface area contributed by atoms with E-state index >= 15 is 0 Å². The van der Waals surface area contributed by atoms with Crippen LogP contribution in [0.25, 0.3) is 11.0 Å². The van der Waals surface area contributed by atoms with Gasteiger partial charge in [0.05, 0.1) is 0 Å². The van der Waals surface area contributed by atoms with Gasteiger partial charge in [-0.1, -0.05) is 20.8 Å². The topological polar surface area (TPSA) is 54.7 Å². The molecule has 0 bridgehead atoms. The predicted octanol–water partition coefficient (Wildman–Crippen LogP) is 4.87. The second-order valence-corrected chi connectivity index (χ2v) is 5.99. The summed E-state index contributed by atoms with van der Waals surface area (Å²) in [6.45, 7) is 10.9. The van der Waals surface area contributed by atoms with Gasteiger partial charge in [-0.05, 0) is 44.4 Å². The van der Waals surface area contributed by atoms with Gasteiger partial charge in [0.15, 0.2) is 5.88 Å². The smallest absolute Gasteiger partial charge is 0.412 e. The highest BCUT2D eigenvalue weighted by Crippen LogP contribution is 2.34. The summed E-state index contributed by atoms with van der Waals surface area (Å²) in [7, 11) is 0. The largest absolute Gasteiger partial charge is 0.440 e. The van der Waals surface area contributed by atoms with Gasteiger partial charge < -0.3 is 19.4 Å². The van der Waals surface area contributed by atoms with E-state index in [9.17, 15) is 4.79 Å². The van der Waals surface area contributed by atoms with Gasteiger partial charge in [0, 0.05) is 30.6 Å². The quantitative estimate of drug-likeness (QED) is 0.749. The number of hydrogen-bond acceptors (Lipinski definition) is 4. The molecule has 0 aliphatic rings. The van der Waals surface area contributed by atoms with E-state index < -0.39 is 6.09 Å². The Morgan fingerprint density at radius 2 is 1.88 bits per heavy atom. The van der Waals surface area contributed by atoms with Crippen molar-refractivity contribution < 1.29 is 13.9 Å². The van der Waals surface area contributed by atoms with Crippen molar-refractivity contribution in [1.29, 1.82) is 0 Å². The molecule has 0 aliphatic carbocycles. The Hall–Kier alpha value is -2.17. The fourth-order valence-corrected chi connectivity index (χ4v) is 2.78. The maximum absolute atomic E-state index is 11.7. The monoisotopic (exact) mass is 332 g/mol. The van der Waals surface area contributed by atoms with Crippen LogP contribution in [0.3, 0.4) is 0 Å². The van der Waals surface area contributed by atoms with Crippen molar-refractivity contribution in [2.45, 2.75) is 47.0 Å². The minimum Gasteiger partial charge on any atom is -0.440 e. The summed E-state index contributed by atoms with van der Waals surface area (Å²) in [6, 6.07) is 5.51. The zero-order chi connectivity index (χ0) is 17.5.